The zero-order chi connectivity index (χ0) is 14.4. The molecule has 0 saturated heterocycles. The standard InChI is InChI=1S/C18H26N2/c1-18(2,16-10-6-4-7-11-16)14-20-17-12-8-3-5-9-15(17)13-19/h4,6-7,10-11,15,17,20H,3,5,8-9,12,14H2,1-2H3. The van der Waals surface area contributed by atoms with Crippen LogP contribution in [0.3, 0.4) is 0 Å². The molecule has 2 heteroatoms. The van der Waals surface area contributed by atoms with Crippen LogP contribution in [0.4, 0.5) is 0 Å². The third-order valence-corrected chi connectivity index (χ3v) is 4.54. The van der Waals surface area contributed by atoms with Gasteiger partial charge in [0, 0.05) is 18.0 Å². The Morgan fingerprint density at radius 2 is 1.85 bits per heavy atom. The van der Waals surface area contributed by atoms with Crippen molar-refractivity contribution in [2.45, 2.75) is 57.4 Å². The van der Waals surface area contributed by atoms with Gasteiger partial charge in [0.05, 0.1) is 12.0 Å². The van der Waals surface area contributed by atoms with Gasteiger partial charge in [0.25, 0.3) is 0 Å². The van der Waals surface area contributed by atoms with Gasteiger partial charge in [-0.15, -0.1) is 0 Å². The predicted octanol–water partition coefficient (Wildman–Crippen LogP) is 4.03. The van der Waals surface area contributed by atoms with Crippen LogP contribution in [-0.4, -0.2) is 12.6 Å². The van der Waals surface area contributed by atoms with Gasteiger partial charge in [-0.3, -0.25) is 0 Å². The fraction of sp³-hybridized carbons (Fsp3) is 0.611. The minimum Gasteiger partial charge on any atom is -0.312 e. The quantitative estimate of drug-likeness (QED) is 0.839. The Hall–Kier alpha value is -1.33. The molecule has 0 aromatic heterocycles. The number of nitrogens with one attached hydrogen (secondary N) is 1. The summed E-state index contributed by atoms with van der Waals surface area (Å²) in [5.41, 5.74) is 1.46. The molecular formula is C18H26N2. The first-order chi connectivity index (χ1) is 9.63. The number of nitrogens with zero attached hydrogens (tertiary/aromatic N) is 1. The van der Waals surface area contributed by atoms with Crippen LogP contribution in [-0.2, 0) is 5.41 Å². The molecule has 2 nitrogen and oxygen atoms in total. The van der Waals surface area contributed by atoms with E-state index in [9.17, 15) is 5.26 Å². The molecule has 2 atom stereocenters. The third-order valence-electron chi connectivity index (χ3n) is 4.54. The van der Waals surface area contributed by atoms with Crippen molar-refractivity contribution < 1.29 is 0 Å². The third kappa shape index (κ3) is 3.84. The van der Waals surface area contributed by atoms with Crippen molar-refractivity contribution in [2.24, 2.45) is 5.92 Å². The Bertz CT molecular complexity index is 444. The van der Waals surface area contributed by atoms with E-state index in [1.807, 2.05) is 0 Å². The zero-order valence-corrected chi connectivity index (χ0v) is 12.7. The molecule has 1 aliphatic carbocycles. The molecule has 1 N–H and O–H groups in total. The van der Waals surface area contributed by atoms with Crippen molar-refractivity contribution in [3.63, 3.8) is 0 Å². The molecule has 1 aromatic carbocycles. The van der Waals surface area contributed by atoms with E-state index >= 15 is 0 Å². The maximum Gasteiger partial charge on any atom is 0.0672 e. The minimum absolute atomic E-state index is 0.105. The fourth-order valence-corrected chi connectivity index (χ4v) is 3.08. The van der Waals surface area contributed by atoms with E-state index in [1.165, 1.54) is 24.8 Å². The lowest BCUT2D eigenvalue weighted by molar-refractivity contribution is 0.352. The normalized spacial score (nSPS) is 23.9. The first-order valence-electron chi connectivity index (χ1n) is 7.82. The summed E-state index contributed by atoms with van der Waals surface area (Å²) in [5.74, 6) is 0.184. The topological polar surface area (TPSA) is 35.8 Å². The molecule has 1 aromatic rings. The number of hydrogen-bond donors (Lipinski definition) is 1. The Morgan fingerprint density at radius 1 is 1.15 bits per heavy atom. The molecule has 0 aliphatic heterocycles. The van der Waals surface area contributed by atoms with Crippen LogP contribution >= 0.6 is 0 Å². The van der Waals surface area contributed by atoms with E-state index in [4.69, 9.17) is 0 Å². The Balaban J connectivity index is 1.98. The molecule has 0 amide bonds. The lowest BCUT2D eigenvalue weighted by Crippen LogP contribution is -2.42. The molecule has 2 unspecified atom stereocenters. The Morgan fingerprint density at radius 3 is 2.55 bits per heavy atom. The fourth-order valence-electron chi connectivity index (χ4n) is 3.08. The van der Waals surface area contributed by atoms with Gasteiger partial charge in [-0.25, -0.2) is 0 Å². The van der Waals surface area contributed by atoms with Crippen molar-refractivity contribution in [2.75, 3.05) is 6.54 Å². The van der Waals surface area contributed by atoms with Crippen molar-refractivity contribution in [3.05, 3.63) is 35.9 Å². The summed E-state index contributed by atoms with van der Waals surface area (Å²) >= 11 is 0. The average molecular weight is 270 g/mol. The largest absolute Gasteiger partial charge is 0.312 e. The summed E-state index contributed by atoms with van der Waals surface area (Å²) in [4.78, 5) is 0. The van der Waals surface area contributed by atoms with Crippen LogP contribution in [0.1, 0.15) is 51.5 Å². The average Bonchev–Trinajstić information content (AvgIpc) is 2.71. The summed E-state index contributed by atoms with van der Waals surface area (Å²) in [7, 11) is 0. The summed E-state index contributed by atoms with van der Waals surface area (Å²) in [5, 5.41) is 13.0. The van der Waals surface area contributed by atoms with E-state index < -0.39 is 0 Å². The minimum atomic E-state index is 0.105. The predicted molar refractivity (Wildman–Crippen MR) is 83.4 cm³/mol. The summed E-state index contributed by atoms with van der Waals surface area (Å²) in [6, 6.07) is 13.5. The van der Waals surface area contributed by atoms with Gasteiger partial charge in [0.1, 0.15) is 0 Å². The highest BCUT2D eigenvalue weighted by molar-refractivity contribution is 5.24. The van der Waals surface area contributed by atoms with Crippen LogP contribution in [0.25, 0.3) is 0 Å². The monoisotopic (exact) mass is 270 g/mol. The highest BCUT2D eigenvalue weighted by Gasteiger charge is 2.26. The summed E-state index contributed by atoms with van der Waals surface area (Å²) in [6.07, 6.45) is 5.93. The van der Waals surface area contributed by atoms with Crippen LogP contribution in [0.15, 0.2) is 30.3 Å². The van der Waals surface area contributed by atoms with Crippen LogP contribution < -0.4 is 5.32 Å². The number of benzene rings is 1. The molecule has 0 spiro atoms. The number of hydrogen-bond acceptors (Lipinski definition) is 2. The van der Waals surface area contributed by atoms with Gasteiger partial charge in [0.2, 0.25) is 0 Å². The van der Waals surface area contributed by atoms with Crippen LogP contribution in [0.5, 0.6) is 0 Å². The summed E-state index contributed by atoms with van der Waals surface area (Å²) in [6.45, 7) is 5.47. The van der Waals surface area contributed by atoms with Crippen molar-refractivity contribution >= 4 is 0 Å². The molecule has 0 bridgehead atoms. The van der Waals surface area contributed by atoms with E-state index in [0.717, 1.165) is 19.4 Å². The lowest BCUT2D eigenvalue weighted by Gasteiger charge is -2.30. The second-order valence-electron chi connectivity index (χ2n) is 6.61. The van der Waals surface area contributed by atoms with Gasteiger partial charge in [-0.05, 0) is 18.4 Å². The lowest BCUT2D eigenvalue weighted by atomic mass is 9.84. The highest BCUT2D eigenvalue weighted by atomic mass is 14.9. The van der Waals surface area contributed by atoms with Gasteiger partial charge < -0.3 is 5.32 Å². The molecule has 1 fully saturated rings. The molecule has 108 valence electrons. The van der Waals surface area contributed by atoms with Gasteiger partial charge >= 0.3 is 0 Å². The second kappa shape index (κ2) is 6.90. The summed E-state index contributed by atoms with van der Waals surface area (Å²) < 4.78 is 0. The van der Waals surface area contributed by atoms with Gasteiger partial charge in [-0.1, -0.05) is 63.4 Å². The van der Waals surface area contributed by atoms with Gasteiger partial charge in [-0.2, -0.15) is 5.26 Å². The van der Waals surface area contributed by atoms with E-state index in [2.05, 4.69) is 55.6 Å². The van der Waals surface area contributed by atoms with Crippen LogP contribution in [0, 0.1) is 17.2 Å². The molecule has 2 rings (SSSR count). The maximum absolute atomic E-state index is 9.34. The molecule has 1 aliphatic rings. The van der Waals surface area contributed by atoms with Crippen molar-refractivity contribution in [1.82, 2.24) is 5.32 Å². The second-order valence-corrected chi connectivity index (χ2v) is 6.61. The maximum atomic E-state index is 9.34. The first kappa shape index (κ1) is 15.1. The molecule has 1 saturated carbocycles. The molecule has 0 radical (unpaired) electrons. The number of rotatable bonds is 4. The smallest absolute Gasteiger partial charge is 0.0672 e. The van der Waals surface area contributed by atoms with E-state index in [-0.39, 0.29) is 11.3 Å². The van der Waals surface area contributed by atoms with Gasteiger partial charge in [0.15, 0.2) is 0 Å². The van der Waals surface area contributed by atoms with E-state index in [1.54, 1.807) is 0 Å². The Labute approximate surface area is 123 Å². The molecule has 20 heavy (non-hydrogen) atoms. The molecular weight excluding hydrogens is 244 g/mol. The zero-order valence-electron chi connectivity index (χ0n) is 12.7. The number of nitriles is 1. The Kier molecular flexibility index (Phi) is 5.20. The SMILES string of the molecule is CC(C)(CNC1CCCCCC1C#N)c1ccccc1. The van der Waals surface area contributed by atoms with Crippen molar-refractivity contribution in [1.29, 1.82) is 5.26 Å². The first-order valence-corrected chi connectivity index (χ1v) is 7.82. The van der Waals surface area contributed by atoms with E-state index in [0.29, 0.717) is 6.04 Å². The van der Waals surface area contributed by atoms with Crippen molar-refractivity contribution in [3.8, 4) is 6.07 Å². The highest BCUT2D eigenvalue weighted by Crippen LogP contribution is 2.26. The molecule has 0 heterocycles. The van der Waals surface area contributed by atoms with Crippen LogP contribution in [0.2, 0.25) is 0 Å².